The van der Waals surface area contributed by atoms with Crippen molar-refractivity contribution in [2.24, 2.45) is 0 Å². The first-order chi connectivity index (χ1) is 9.38. The van der Waals surface area contributed by atoms with Crippen LogP contribution in [-0.2, 0) is 5.54 Å². The maximum atomic E-state index is 13.3. The van der Waals surface area contributed by atoms with E-state index in [0.717, 1.165) is 0 Å². The van der Waals surface area contributed by atoms with E-state index >= 15 is 0 Å². The molecule has 0 unspecified atom stereocenters. The highest BCUT2D eigenvalue weighted by Gasteiger charge is 2.23. The summed E-state index contributed by atoms with van der Waals surface area (Å²) in [5.74, 6) is -0.569. The number of hydrogen-bond donors (Lipinski definition) is 2. The molecule has 104 valence electrons. The average Bonchev–Trinajstić information content (AvgIpc) is 2.38. The second-order valence-corrected chi connectivity index (χ2v) is 5.21. The number of benzene rings is 2. The van der Waals surface area contributed by atoms with E-state index in [0.29, 0.717) is 16.8 Å². The number of anilines is 1. The minimum atomic E-state index is -0.677. The lowest BCUT2D eigenvalue weighted by Gasteiger charge is -2.27. The van der Waals surface area contributed by atoms with Gasteiger partial charge in [0.2, 0.25) is 0 Å². The molecule has 1 amide bonds. The Bertz CT molecular complexity index is 638. The van der Waals surface area contributed by atoms with Crippen LogP contribution in [0.15, 0.2) is 48.5 Å². The van der Waals surface area contributed by atoms with Gasteiger partial charge in [-0.1, -0.05) is 18.2 Å². The molecule has 0 atom stereocenters. The van der Waals surface area contributed by atoms with Gasteiger partial charge in [-0.2, -0.15) is 0 Å². The van der Waals surface area contributed by atoms with Gasteiger partial charge in [0.25, 0.3) is 5.91 Å². The van der Waals surface area contributed by atoms with Gasteiger partial charge in [-0.15, -0.1) is 0 Å². The van der Waals surface area contributed by atoms with Crippen molar-refractivity contribution >= 4 is 11.6 Å². The van der Waals surface area contributed by atoms with E-state index in [1.165, 1.54) is 12.1 Å². The molecule has 2 rings (SSSR count). The molecule has 0 aliphatic heterocycles. The van der Waals surface area contributed by atoms with Crippen molar-refractivity contribution in [3.05, 3.63) is 65.5 Å². The van der Waals surface area contributed by atoms with Crippen molar-refractivity contribution in [1.82, 2.24) is 5.32 Å². The molecule has 0 radical (unpaired) electrons. The molecule has 0 bridgehead atoms. The van der Waals surface area contributed by atoms with Crippen LogP contribution >= 0.6 is 0 Å². The Balaban J connectivity index is 2.22. The van der Waals surface area contributed by atoms with Gasteiger partial charge in [0.05, 0.1) is 5.54 Å². The monoisotopic (exact) mass is 272 g/mol. The van der Waals surface area contributed by atoms with Gasteiger partial charge in [0.15, 0.2) is 0 Å². The fraction of sp³-hybridized carbons (Fsp3) is 0.188. The molecule has 0 saturated carbocycles. The first kappa shape index (κ1) is 14.1. The summed E-state index contributed by atoms with van der Waals surface area (Å²) in [5.41, 5.74) is 6.70. The standard InChI is InChI=1S/C16H17FN2O/c1-16(2,12-6-4-7-13(17)10-12)19-15(20)11-5-3-8-14(18)9-11/h3-10H,18H2,1-2H3,(H,19,20). The van der Waals surface area contributed by atoms with Gasteiger partial charge >= 0.3 is 0 Å². The molecule has 0 heterocycles. The topological polar surface area (TPSA) is 55.1 Å². The fourth-order valence-electron chi connectivity index (χ4n) is 1.99. The highest BCUT2D eigenvalue weighted by molar-refractivity contribution is 5.95. The number of halogens is 1. The third-order valence-electron chi connectivity index (χ3n) is 3.12. The summed E-state index contributed by atoms with van der Waals surface area (Å²) >= 11 is 0. The number of hydrogen-bond acceptors (Lipinski definition) is 2. The number of nitrogen functional groups attached to an aromatic ring is 1. The molecule has 20 heavy (non-hydrogen) atoms. The third kappa shape index (κ3) is 3.15. The quantitative estimate of drug-likeness (QED) is 0.844. The first-order valence-electron chi connectivity index (χ1n) is 6.32. The zero-order valence-electron chi connectivity index (χ0n) is 11.5. The van der Waals surface area contributed by atoms with E-state index in [9.17, 15) is 9.18 Å². The second kappa shape index (κ2) is 5.33. The van der Waals surface area contributed by atoms with Crippen LogP contribution in [0, 0.1) is 5.82 Å². The van der Waals surface area contributed by atoms with Crippen LogP contribution in [0.1, 0.15) is 29.8 Å². The normalized spacial score (nSPS) is 11.2. The number of amides is 1. The Morgan fingerprint density at radius 2 is 1.85 bits per heavy atom. The zero-order valence-corrected chi connectivity index (χ0v) is 11.5. The summed E-state index contributed by atoms with van der Waals surface area (Å²) in [6, 6.07) is 12.9. The highest BCUT2D eigenvalue weighted by atomic mass is 19.1. The molecule has 3 nitrogen and oxygen atoms in total. The van der Waals surface area contributed by atoms with Gasteiger partial charge in [0, 0.05) is 11.3 Å². The van der Waals surface area contributed by atoms with E-state index in [4.69, 9.17) is 5.73 Å². The van der Waals surface area contributed by atoms with Crippen LogP contribution in [0.2, 0.25) is 0 Å². The van der Waals surface area contributed by atoms with E-state index in [1.54, 1.807) is 36.4 Å². The van der Waals surface area contributed by atoms with E-state index in [-0.39, 0.29) is 11.7 Å². The molecule has 0 aliphatic carbocycles. The van der Waals surface area contributed by atoms with Crippen molar-refractivity contribution < 1.29 is 9.18 Å². The maximum Gasteiger partial charge on any atom is 0.252 e. The summed E-state index contributed by atoms with van der Waals surface area (Å²) in [7, 11) is 0. The van der Waals surface area contributed by atoms with Crippen LogP contribution in [-0.4, -0.2) is 5.91 Å². The maximum absolute atomic E-state index is 13.3. The number of nitrogens with two attached hydrogens (primary N) is 1. The third-order valence-corrected chi connectivity index (χ3v) is 3.12. The Morgan fingerprint density at radius 1 is 1.15 bits per heavy atom. The van der Waals surface area contributed by atoms with Gasteiger partial charge in [-0.3, -0.25) is 4.79 Å². The molecule has 2 aromatic rings. The molecule has 3 N–H and O–H groups in total. The molecule has 4 heteroatoms. The molecule has 0 aliphatic rings. The summed E-state index contributed by atoms with van der Waals surface area (Å²) in [6.45, 7) is 3.65. The van der Waals surface area contributed by atoms with Crippen LogP contribution in [0.4, 0.5) is 10.1 Å². The molecule has 2 aromatic carbocycles. The lowest BCUT2D eigenvalue weighted by atomic mass is 9.93. The first-order valence-corrected chi connectivity index (χ1v) is 6.32. The SMILES string of the molecule is CC(C)(NC(=O)c1cccc(N)c1)c1cccc(F)c1. The summed E-state index contributed by atoms with van der Waals surface area (Å²) in [5, 5.41) is 2.88. The second-order valence-electron chi connectivity index (χ2n) is 5.21. The minimum absolute atomic E-state index is 0.244. The van der Waals surface area contributed by atoms with Gasteiger partial charge < -0.3 is 11.1 Å². The number of rotatable bonds is 3. The molecule has 0 spiro atoms. The molecule has 0 fully saturated rings. The van der Waals surface area contributed by atoms with Crippen molar-refractivity contribution in [1.29, 1.82) is 0 Å². The fourth-order valence-corrected chi connectivity index (χ4v) is 1.99. The van der Waals surface area contributed by atoms with Crippen LogP contribution < -0.4 is 11.1 Å². The summed E-state index contributed by atoms with van der Waals surface area (Å²) in [6.07, 6.45) is 0. The van der Waals surface area contributed by atoms with Crippen molar-refractivity contribution in [2.45, 2.75) is 19.4 Å². The Labute approximate surface area is 117 Å². The molecule has 0 aromatic heterocycles. The van der Waals surface area contributed by atoms with Crippen LogP contribution in [0.25, 0.3) is 0 Å². The van der Waals surface area contributed by atoms with Crippen LogP contribution in [0.5, 0.6) is 0 Å². The van der Waals surface area contributed by atoms with Crippen molar-refractivity contribution in [2.75, 3.05) is 5.73 Å². The molecular formula is C16H17FN2O. The lowest BCUT2D eigenvalue weighted by Crippen LogP contribution is -2.41. The van der Waals surface area contributed by atoms with Gasteiger partial charge in [0.1, 0.15) is 5.82 Å². The smallest absolute Gasteiger partial charge is 0.252 e. The predicted molar refractivity (Wildman–Crippen MR) is 77.7 cm³/mol. The average molecular weight is 272 g/mol. The van der Waals surface area contributed by atoms with Crippen molar-refractivity contribution in [3.63, 3.8) is 0 Å². The molecule has 0 saturated heterocycles. The van der Waals surface area contributed by atoms with E-state index < -0.39 is 5.54 Å². The van der Waals surface area contributed by atoms with Crippen molar-refractivity contribution in [3.8, 4) is 0 Å². The largest absolute Gasteiger partial charge is 0.399 e. The Hall–Kier alpha value is -2.36. The Morgan fingerprint density at radius 3 is 2.50 bits per heavy atom. The lowest BCUT2D eigenvalue weighted by molar-refractivity contribution is 0.0912. The number of nitrogens with one attached hydrogen (secondary N) is 1. The Kier molecular flexibility index (Phi) is 3.74. The zero-order chi connectivity index (χ0) is 14.8. The van der Waals surface area contributed by atoms with Crippen LogP contribution in [0.3, 0.4) is 0 Å². The van der Waals surface area contributed by atoms with Gasteiger partial charge in [-0.25, -0.2) is 4.39 Å². The highest BCUT2D eigenvalue weighted by Crippen LogP contribution is 2.21. The number of carbonyl (C=O) groups excluding carboxylic acids is 1. The van der Waals surface area contributed by atoms with Gasteiger partial charge in [-0.05, 0) is 49.7 Å². The summed E-state index contributed by atoms with van der Waals surface area (Å²) < 4.78 is 13.3. The minimum Gasteiger partial charge on any atom is -0.399 e. The molecular weight excluding hydrogens is 255 g/mol. The van der Waals surface area contributed by atoms with E-state index in [2.05, 4.69) is 5.32 Å². The van der Waals surface area contributed by atoms with E-state index in [1.807, 2.05) is 13.8 Å². The summed E-state index contributed by atoms with van der Waals surface area (Å²) in [4.78, 5) is 12.2. The number of carbonyl (C=O) groups is 1. The predicted octanol–water partition coefficient (Wildman–Crippen LogP) is 3.07.